The molecule has 4 rings (SSSR count). The van der Waals surface area contributed by atoms with Crippen LogP contribution in [0.2, 0.25) is 0 Å². The third-order valence-electron chi connectivity index (χ3n) is 6.52. The molecule has 0 heterocycles. The molecule has 0 aliphatic rings. The number of carboxylic acid groups (broad SMARTS) is 1. The van der Waals surface area contributed by atoms with Gasteiger partial charge in [0.1, 0.15) is 41.1 Å². The number of para-hydroxylation sites is 2. The van der Waals surface area contributed by atoms with Crippen LogP contribution in [0.15, 0.2) is 108 Å². The number of hydrogen-bond acceptors (Lipinski definition) is 13. The Hall–Kier alpha value is -5.66. The number of esters is 2. The van der Waals surface area contributed by atoms with E-state index in [0.717, 1.165) is 17.7 Å². The number of nitrogens with zero attached hydrogens (tertiary/aromatic N) is 1. The van der Waals surface area contributed by atoms with Crippen LogP contribution in [0, 0.1) is 15.5 Å². The number of nitrogens with two attached hydrogens (primary N) is 1. The van der Waals surface area contributed by atoms with Crippen molar-refractivity contribution in [2.75, 3.05) is 18.8 Å². The smallest absolute Gasteiger partial charge is 0.744 e. The zero-order valence-electron chi connectivity index (χ0n) is 30.2. The first-order valence-electron chi connectivity index (χ1n) is 15.6. The summed E-state index contributed by atoms with van der Waals surface area (Å²) < 4.78 is 42.1. The number of ether oxygens (including phenoxy) is 2. The van der Waals surface area contributed by atoms with Crippen LogP contribution in [0.25, 0.3) is 0 Å². The monoisotopic (exact) mass is 788 g/mol. The zero-order valence-corrected chi connectivity index (χ0v) is 33.0. The Morgan fingerprint density at radius 1 is 0.782 bits per heavy atom. The van der Waals surface area contributed by atoms with Crippen LogP contribution in [-0.2, 0) is 35.8 Å². The summed E-state index contributed by atoms with van der Waals surface area (Å²) in [5, 5.41) is 23.4. The third kappa shape index (κ3) is 17.4. The van der Waals surface area contributed by atoms with E-state index in [0.29, 0.717) is 11.3 Å². The number of carboxylic acids is 1. The van der Waals surface area contributed by atoms with E-state index in [4.69, 9.17) is 20.3 Å². The Bertz CT molecular complexity index is 2060. The van der Waals surface area contributed by atoms with Gasteiger partial charge in [-0.2, -0.15) is 0 Å². The van der Waals surface area contributed by atoms with Crippen LogP contribution >= 0.6 is 0 Å². The molecule has 2 amide bonds. The molecule has 0 saturated heterocycles. The summed E-state index contributed by atoms with van der Waals surface area (Å²) in [5.74, 6) is -3.12. The fraction of sp³-hybridized carbons (Fsp3) is 0.194. The number of nitro groups is 1. The molecule has 0 atom stereocenters. The van der Waals surface area contributed by atoms with Crippen molar-refractivity contribution in [3.63, 3.8) is 0 Å². The van der Waals surface area contributed by atoms with Crippen molar-refractivity contribution >= 4 is 51.2 Å². The maximum atomic E-state index is 11.8. The van der Waals surface area contributed by atoms with Crippen LogP contribution in [0.1, 0.15) is 47.1 Å². The molecule has 19 heteroatoms. The van der Waals surface area contributed by atoms with E-state index in [2.05, 4.69) is 10.6 Å². The minimum absolute atomic E-state index is 0. The SMILES string of the molecule is CC(C)(C)C(=O)Oc1ccc(S(=O)(=O)[O-])cc1.Nc1ccccc1C(=O)NCC(=O)OCc1ccccc1.O=C(O)CNC(=O)c1ccccc1[N+](=O)[O-].[Na+]. The maximum absolute atomic E-state index is 11.8. The summed E-state index contributed by atoms with van der Waals surface area (Å²) in [4.78, 5) is 66.0. The van der Waals surface area contributed by atoms with Crippen molar-refractivity contribution in [2.45, 2.75) is 32.3 Å². The van der Waals surface area contributed by atoms with Crippen LogP contribution in [0.5, 0.6) is 5.75 Å². The average Bonchev–Trinajstić information content (AvgIpc) is 3.12. The number of rotatable bonds is 11. The van der Waals surface area contributed by atoms with Crippen molar-refractivity contribution in [1.82, 2.24) is 10.6 Å². The molecule has 0 unspecified atom stereocenters. The van der Waals surface area contributed by atoms with Crippen molar-refractivity contribution in [3.05, 3.63) is 130 Å². The predicted octanol–water partition coefficient (Wildman–Crippen LogP) is 0.697. The standard InChI is InChI=1S/C16H16N2O3.C11H14O5S.C9H8N2O5.Na/c17-14-9-5-4-8-13(14)16(20)18-10-15(19)21-11-12-6-2-1-3-7-12;1-11(2,3)10(12)16-8-4-6-9(7-5-8)17(13,14)15;12-8(13)5-10-9(14)6-3-1-2-4-7(6)11(15)16;/h1-9H,10-11,17H2,(H,18,20);4-7H,1-3H3,(H,13,14,15);1-4H,5H2,(H,10,14)(H,12,13);/q;;;+1/p-1. The van der Waals surface area contributed by atoms with Gasteiger partial charge in [-0.25, -0.2) is 8.42 Å². The number of hydrogen-bond donors (Lipinski definition) is 4. The number of nitrogens with one attached hydrogen (secondary N) is 2. The molecule has 0 saturated carbocycles. The van der Waals surface area contributed by atoms with Gasteiger partial charge in [-0.05, 0) is 68.8 Å². The number of amides is 2. The second-order valence-electron chi connectivity index (χ2n) is 11.8. The van der Waals surface area contributed by atoms with Crippen molar-refractivity contribution < 1.29 is 86.0 Å². The van der Waals surface area contributed by atoms with Gasteiger partial charge in [-0.3, -0.25) is 34.1 Å². The Kier molecular flexibility index (Phi) is 19.4. The van der Waals surface area contributed by atoms with E-state index in [1.165, 1.54) is 36.4 Å². The second-order valence-corrected chi connectivity index (χ2v) is 13.2. The molecule has 5 N–H and O–H groups in total. The molecule has 0 fully saturated rings. The number of carbonyl (C=O) groups excluding carboxylic acids is 4. The van der Waals surface area contributed by atoms with Crippen LogP contribution in [-0.4, -0.2) is 65.8 Å². The van der Waals surface area contributed by atoms with Gasteiger partial charge < -0.3 is 35.5 Å². The Labute approximate surface area is 338 Å². The Morgan fingerprint density at radius 3 is 1.82 bits per heavy atom. The molecular formula is C36H37N4NaO13S. The third-order valence-corrected chi connectivity index (χ3v) is 7.37. The van der Waals surface area contributed by atoms with Gasteiger partial charge >= 0.3 is 47.5 Å². The van der Waals surface area contributed by atoms with Crippen LogP contribution in [0.4, 0.5) is 11.4 Å². The van der Waals surface area contributed by atoms with Gasteiger partial charge in [0.2, 0.25) is 0 Å². The quantitative estimate of drug-likeness (QED) is 0.0310. The molecule has 17 nitrogen and oxygen atoms in total. The van der Waals surface area contributed by atoms with Gasteiger partial charge in [0.05, 0.1) is 20.8 Å². The molecule has 4 aromatic rings. The van der Waals surface area contributed by atoms with Crippen LogP contribution in [0.3, 0.4) is 0 Å². The Morgan fingerprint density at radius 2 is 1.29 bits per heavy atom. The molecule has 0 bridgehead atoms. The number of nitro benzene ring substituents is 1. The number of aliphatic carboxylic acids is 1. The van der Waals surface area contributed by atoms with Gasteiger partial charge in [0.25, 0.3) is 17.5 Å². The van der Waals surface area contributed by atoms with Crippen molar-refractivity contribution in [1.29, 1.82) is 0 Å². The molecule has 286 valence electrons. The fourth-order valence-corrected chi connectivity index (χ4v) is 4.22. The summed E-state index contributed by atoms with van der Waals surface area (Å²) in [6.45, 7) is 4.51. The number of carbonyl (C=O) groups is 5. The summed E-state index contributed by atoms with van der Waals surface area (Å²) in [6.07, 6.45) is 0. The molecule has 0 spiro atoms. The summed E-state index contributed by atoms with van der Waals surface area (Å²) in [7, 11) is -4.47. The van der Waals surface area contributed by atoms with Crippen LogP contribution < -0.4 is 50.7 Å². The molecule has 4 aromatic carbocycles. The average molecular weight is 789 g/mol. The second kappa shape index (κ2) is 22.5. The summed E-state index contributed by atoms with van der Waals surface area (Å²) >= 11 is 0. The van der Waals surface area contributed by atoms with E-state index >= 15 is 0 Å². The molecule has 0 aliphatic carbocycles. The number of anilines is 1. The first-order valence-corrected chi connectivity index (χ1v) is 17.0. The largest absolute Gasteiger partial charge is 1.00 e. The minimum Gasteiger partial charge on any atom is -0.744 e. The van der Waals surface area contributed by atoms with E-state index in [1.54, 1.807) is 45.0 Å². The molecule has 55 heavy (non-hydrogen) atoms. The van der Waals surface area contributed by atoms with E-state index in [1.807, 2.05) is 30.3 Å². The first kappa shape index (κ1) is 47.4. The van der Waals surface area contributed by atoms with Gasteiger partial charge in [0, 0.05) is 11.8 Å². The molecule has 0 aliphatic heterocycles. The van der Waals surface area contributed by atoms with Crippen molar-refractivity contribution in [2.24, 2.45) is 5.41 Å². The fourth-order valence-electron chi connectivity index (χ4n) is 3.75. The predicted molar refractivity (Wildman–Crippen MR) is 192 cm³/mol. The van der Waals surface area contributed by atoms with Gasteiger partial charge in [-0.1, -0.05) is 54.6 Å². The van der Waals surface area contributed by atoms with Crippen molar-refractivity contribution in [3.8, 4) is 5.75 Å². The molecular weight excluding hydrogens is 751 g/mol. The van der Waals surface area contributed by atoms with E-state index in [-0.39, 0.29) is 64.6 Å². The number of benzene rings is 4. The zero-order chi connectivity index (χ0) is 40.5. The molecule has 0 aromatic heterocycles. The first-order chi connectivity index (χ1) is 25.3. The molecule has 0 radical (unpaired) electrons. The minimum atomic E-state index is -4.47. The summed E-state index contributed by atoms with van der Waals surface area (Å²) in [5.41, 5.74) is 6.12. The van der Waals surface area contributed by atoms with E-state index < -0.39 is 56.7 Å². The van der Waals surface area contributed by atoms with E-state index in [9.17, 15) is 47.1 Å². The summed E-state index contributed by atoms with van der Waals surface area (Å²) in [6, 6.07) is 26.1. The van der Waals surface area contributed by atoms with Gasteiger partial charge in [-0.15, -0.1) is 0 Å². The van der Waals surface area contributed by atoms with Gasteiger partial charge in [0.15, 0.2) is 0 Å². The topological polar surface area (TPSA) is 274 Å². The Balaban J connectivity index is 0.000000414. The number of nitrogen functional groups attached to an aromatic ring is 1. The normalized spacial score (nSPS) is 10.3. The maximum Gasteiger partial charge on any atom is 1.00 e.